The molecule has 33 heavy (non-hydrogen) atoms. The van der Waals surface area contributed by atoms with Crippen molar-refractivity contribution in [1.29, 1.82) is 0 Å². The van der Waals surface area contributed by atoms with Crippen LogP contribution in [0.2, 0.25) is 56.9 Å². The van der Waals surface area contributed by atoms with Crippen LogP contribution in [0.3, 0.4) is 0 Å². The second-order valence-corrected chi connectivity index (χ2v) is 25.5. The van der Waals surface area contributed by atoms with Gasteiger partial charge in [0.25, 0.3) is 0 Å². The minimum Gasteiger partial charge on any atom is -0.418 e. The highest BCUT2D eigenvalue weighted by atomic mass is 28.4. The molecule has 2 N–H and O–H groups in total. The fraction of sp³-hybridized carbons (Fsp3) is 0.556. The summed E-state index contributed by atoms with van der Waals surface area (Å²) >= 11 is 0. The SMILES string of the molecule is CC1C([Si](C)(C)Nc2ccccc2)CC(CCO[Si](C)(C)C)C1[Si](C)(C)Nc1ccccc1. The van der Waals surface area contributed by atoms with Crippen LogP contribution in [0.5, 0.6) is 0 Å². The minimum absolute atomic E-state index is 0.706. The molecule has 2 aromatic rings. The fourth-order valence-corrected chi connectivity index (χ4v) is 14.9. The topological polar surface area (TPSA) is 33.3 Å². The number of benzene rings is 2. The lowest BCUT2D eigenvalue weighted by molar-refractivity contribution is 0.270. The first-order valence-corrected chi connectivity index (χ1v) is 22.3. The van der Waals surface area contributed by atoms with Crippen LogP contribution in [-0.4, -0.2) is 31.4 Å². The van der Waals surface area contributed by atoms with E-state index in [1.54, 1.807) is 0 Å². The van der Waals surface area contributed by atoms with Gasteiger partial charge in [0.1, 0.15) is 0 Å². The number of anilines is 2. The molecule has 0 aromatic heterocycles. The van der Waals surface area contributed by atoms with Gasteiger partial charge in [0.05, 0.1) is 0 Å². The smallest absolute Gasteiger partial charge is 0.183 e. The summed E-state index contributed by atoms with van der Waals surface area (Å²) < 4.78 is 6.35. The first kappa shape index (κ1) is 26.3. The van der Waals surface area contributed by atoms with Crippen molar-refractivity contribution in [3.63, 3.8) is 0 Å². The van der Waals surface area contributed by atoms with Crippen LogP contribution >= 0.6 is 0 Å². The highest BCUT2D eigenvalue weighted by molar-refractivity contribution is 6.84. The van der Waals surface area contributed by atoms with Gasteiger partial charge in [0.2, 0.25) is 0 Å². The van der Waals surface area contributed by atoms with Gasteiger partial charge in [-0.1, -0.05) is 69.5 Å². The van der Waals surface area contributed by atoms with E-state index in [9.17, 15) is 0 Å². The van der Waals surface area contributed by atoms with Gasteiger partial charge in [0, 0.05) is 18.0 Å². The maximum absolute atomic E-state index is 6.35. The largest absolute Gasteiger partial charge is 0.418 e. The Morgan fingerprint density at radius 2 is 1.24 bits per heavy atom. The molecule has 1 saturated carbocycles. The summed E-state index contributed by atoms with van der Waals surface area (Å²) in [6.07, 6.45) is 2.52. The normalized spacial score (nSPS) is 24.0. The van der Waals surface area contributed by atoms with E-state index in [0.717, 1.165) is 23.6 Å². The molecule has 0 aliphatic heterocycles. The van der Waals surface area contributed by atoms with Gasteiger partial charge in [-0.25, -0.2) is 0 Å². The predicted octanol–water partition coefficient (Wildman–Crippen LogP) is 8.26. The zero-order valence-electron chi connectivity index (χ0n) is 22.1. The lowest BCUT2D eigenvalue weighted by Gasteiger charge is -2.40. The van der Waals surface area contributed by atoms with Gasteiger partial charge in [-0.15, -0.1) is 0 Å². The Balaban J connectivity index is 1.83. The van der Waals surface area contributed by atoms with Crippen molar-refractivity contribution in [2.45, 2.75) is 76.7 Å². The second-order valence-electron chi connectivity index (χ2n) is 12.2. The first-order valence-electron chi connectivity index (χ1n) is 12.7. The molecule has 3 nitrogen and oxygen atoms in total. The van der Waals surface area contributed by atoms with Crippen LogP contribution in [0, 0.1) is 11.8 Å². The Bertz CT molecular complexity index is 868. The molecule has 0 heterocycles. The molecular weight excluding hydrogens is 453 g/mol. The van der Waals surface area contributed by atoms with Gasteiger partial charge in [-0.05, 0) is 79.7 Å². The molecule has 1 aliphatic carbocycles. The lowest BCUT2D eigenvalue weighted by atomic mass is 10.0. The molecule has 0 spiro atoms. The van der Waals surface area contributed by atoms with Crippen molar-refractivity contribution in [2.24, 2.45) is 11.8 Å². The van der Waals surface area contributed by atoms with Crippen LogP contribution in [0.25, 0.3) is 0 Å². The molecular formula is C27H46N2OSi3. The summed E-state index contributed by atoms with van der Waals surface area (Å²) in [5.41, 5.74) is 4.05. The zero-order valence-corrected chi connectivity index (χ0v) is 25.1. The molecule has 6 heteroatoms. The molecule has 4 atom stereocenters. The van der Waals surface area contributed by atoms with Crippen molar-refractivity contribution in [1.82, 2.24) is 0 Å². The first-order chi connectivity index (χ1) is 15.4. The molecule has 1 aliphatic rings. The quantitative estimate of drug-likeness (QED) is 0.323. The van der Waals surface area contributed by atoms with Crippen molar-refractivity contribution >= 4 is 36.2 Å². The Labute approximate surface area is 206 Å². The molecule has 0 amide bonds. The average Bonchev–Trinajstić information content (AvgIpc) is 3.06. The average molecular weight is 499 g/mol. The van der Waals surface area contributed by atoms with Crippen LogP contribution in [0.4, 0.5) is 11.4 Å². The van der Waals surface area contributed by atoms with E-state index in [1.807, 2.05) is 0 Å². The molecule has 3 rings (SSSR count). The van der Waals surface area contributed by atoms with Gasteiger partial charge >= 0.3 is 0 Å². The molecule has 0 radical (unpaired) electrons. The summed E-state index contributed by atoms with van der Waals surface area (Å²) in [5.74, 6) is 1.43. The van der Waals surface area contributed by atoms with Gasteiger partial charge in [0.15, 0.2) is 24.8 Å². The van der Waals surface area contributed by atoms with Crippen molar-refractivity contribution < 1.29 is 4.43 Å². The van der Waals surface area contributed by atoms with E-state index >= 15 is 0 Å². The summed E-state index contributed by atoms with van der Waals surface area (Å²) in [4.78, 5) is 8.07. The number of hydrogen-bond donors (Lipinski definition) is 2. The Morgan fingerprint density at radius 1 is 0.758 bits per heavy atom. The maximum Gasteiger partial charge on any atom is 0.183 e. The van der Waals surface area contributed by atoms with Crippen molar-refractivity contribution in [3.05, 3.63) is 60.7 Å². The number of hydrogen-bond acceptors (Lipinski definition) is 3. The summed E-state index contributed by atoms with van der Waals surface area (Å²) in [7, 11) is -4.93. The van der Waals surface area contributed by atoms with Crippen LogP contribution in [0.15, 0.2) is 60.7 Å². The number of nitrogens with one attached hydrogen (secondary N) is 2. The van der Waals surface area contributed by atoms with Gasteiger partial charge < -0.3 is 14.4 Å². The van der Waals surface area contributed by atoms with Gasteiger partial charge in [-0.2, -0.15) is 0 Å². The van der Waals surface area contributed by atoms with Gasteiger partial charge in [-0.3, -0.25) is 0 Å². The zero-order chi connectivity index (χ0) is 24.3. The molecule has 0 saturated heterocycles. The van der Waals surface area contributed by atoms with E-state index in [4.69, 9.17) is 4.43 Å². The fourth-order valence-electron chi connectivity index (χ4n) is 6.34. The Hall–Kier alpha value is -1.35. The van der Waals surface area contributed by atoms with E-state index in [2.05, 4.69) is 123 Å². The summed E-state index contributed by atoms with van der Waals surface area (Å²) in [6.45, 7) is 20.6. The van der Waals surface area contributed by atoms with E-state index < -0.39 is 24.8 Å². The lowest BCUT2D eigenvalue weighted by Crippen LogP contribution is -2.48. The maximum atomic E-state index is 6.35. The molecule has 4 unspecified atom stereocenters. The number of para-hydroxylation sites is 2. The summed E-state index contributed by atoms with van der Waals surface area (Å²) in [5, 5.41) is 0. The molecule has 1 fully saturated rings. The Morgan fingerprint density at radius 3 is 1.73 bits per heavy atom. The van der Waals surface area contributed by atoms with Crippen LogP contribution in [-0.2, 0) is 4.43 Å². The summed E-state index contributed by atoms with van der Waals surface area (Å²) in [6, 6.07) is 21.7. The van der Waals surface area contributed by atoms with E-state index in [1.165, 1.54) is 24.2 Å². The molecule has 2 aromatic carbocycles. The highest BCUT2D eigenvalue weighted by Gasteiger charge is 2.53. The standard InChI is InChI=1S/C27H46N2OSi3/c1-22-26(32(5,6)28-24-15-11-9-12-16-24)21-23(19-20-30-31(2,3)4)27(22)33(7,8)29-25-17-13-10-14-18-25/h9-18,22-23,26-29H,19-21H2,1-8H3. The minimum atomic E-state index is -1.75. The third kappa shape index (κ3) is 7.07. The molecule has 182 valence electrons. The van der Waals surface area contributed by atoms with Crippen molar-refractivity contribution in [2.75, 3.05) is 16.6 Å². The monoisotopic (exact) mass is 498 g/mol. The second kappa shape index (κ2) is 10.5. The highest BCUT2D eigenvalue weighted by Crippen LogP contribution is 2.57. The number of rotatable bonds is 10. The van der Waals surface area contributed by atoms with Crippen LogP contribution in [0.1, 0.15) is 19.8 Å². The van der Waals surface area contributed by atoms with Crippen LogP contribution < -0.4 is 9.96 Å². The van der Waals surface area contributed by atoms with E-state index in [0.29, 0.717) is 5.92 Å². The Kier molecular flexibility index (Phi) is 8.36. The van der Waals surface area contributed by atoms with E-state index in [-0.39, 0.29) is 0 Å². The molecule has 0 bridgehead atoms. The predicted molar refractivity (Wildman–Crippen MR) is 154 cm³/mol. The third-order valence-electron chi connectivity index (χ3n) is 7.53. The van der Waals surface area contributed by atoms with Crippen molar-refractivity contribution in [3.8, 4) is 0 Å². The third-order valence-corrected chi connectivity index (χ3v) is 15.7.